The summed E-state index contributed by atoms with van der Waals surface area (Å²) in [6, 6.07) is 12.5. The van der Waals surface area contributed by atoms with Gasteiger partial charge in [-0.15, -0.1) is 0 Å². The molecule has 3 aromatic rings. The summed E-state index contributed by atoms with van der Waals surface area (Å²) in [7, 11) is 0. The van der Waals surface area contributed by atoms with Crippen LogP contribution in [0.25, 0.3) is 11.1 Å². The molecule has 178 valence electrons. The highest BCUT2D eigenvalue weighted by molar-refractivity contribution is 5.93. The summed E-state index contributed by atoms with van der Waals surface area (Å²) >= 11 is 0. The number of carbonyl (C=O) groups is 1. The van der Waals surface area contributed by atoms with Gasteiger partial charge in [0.15, 0.2) is 6.61 Å². The lowest BCUT2D eigenvalue weighted by Gasteiger charge is -2.28. The van der Waals surface area contributed by atoms with Crippen molar-refractivity contribution < 1.29 is 27.8 Å². The second-order valence-electron chi connectivity index (χ2n) is 8.16. The molecule has 0 fully saturated rings. The minimum Gasteiger partial charge on any atom is -0.484 e. The van der Waals surface area contributed by atoms with Crippen LogP contribution in [0.4, 0.5) is 18.9 Å². The van der Waals surface area contributed by atoms with Crippen molar-refractivity contribution in [2.24, 2.45) is 0 Å². The van der Waals surface area contributed by atoms with Crippen LogP contribution >= 0.6 is 0 Å². The molecule has 1 aliphatic heterocycles. The first-order valence-corrected chi connectivity index (χ1v) is 10.8. The SMILES string of the molecule is Cc1cc(OCC(F)(F)F)ccc1-c1ccc2c(c1)CCNC2CNc1cnccc1C(=O)O. The van der Waals surface area contributed by atoms with Gasteiger partial charge in [0.05, 0.1) is 17.4 Å². The minimum atomic E-state index is -4.38. The lowest BCUT2D eigenvalue weighted by molar-refractivity contribution is -0.153. The summed E-state index contributed by atoms with van der Waals surface area (Å²) < 4.78 is 42.1. The number of benzene rings is 2. The molecular weight excluding hydrogens is 447 g/mol. The molecule has 0 bridgehead atoms. The maximum absolute atomic E-state index is 12.4. The van der Waals surface area contributed by atoms with Gasteiger partial charge < -0.3 is 20.5 Å². The third-order valence-corrected chi connectivity index (χ3v) is 5.76. The van der Waals surface area contributed by atoms with Crippen molar-refractivity contribution in [3.05, 3.63) is 77.1 Å². The molecule has 0 radical (unpaired) electrons. The van der Waals surface area contributed by atoms with Crippen LogP contribution in [-0.2, 0) is 6.42 Å². The molecule has 0 saturated carbocycles. The Bertz CT molecular complexity index is 1200. The standard InChI is InChI=1S/C25H24F3N3O3/c1-15-10-18(34-14-25(26,27)28)3-5-19(15)16-2-4-20-17(11-16)6-9-30-23(20)13-31-22-12-29-8-7-21(22)24(32)33/h2-5,7-8,10-12,23,30-31H,6,9,13-14H2,1H3,(H,32,33). The van der Waals surface area contributed by atoms with Gasteiger partial charge >= 0.3 is 12.1 Å². The minimum absolute atomic E-state index is 0.0149. The van der Waals surface area contributed by atoms with Crippen molar-refractivity contribution in [2.75, 3.05) is 25.0 Å². The lowest BCUT2D eigenvalue weighted by Crippen LogP contribution is -2.34. The number of nitrogens with zero attached hydrogens (tertiary/aromatic N) is 1. The number of aryl methyl sites for hydroxylation is 1. The van der Waals surface area contributed by atoms with Gasteiger partial charge in [-0.3, -0.25) is 4.98 Å². The molecule has 34 heavy (non-hydrogen) atoms. The molecule has 0 saturated heterocycles. The van der Waals surface area contributed by atoms with Crippen molar-refractivity contribution in [1.82, 2.24) is 10.3 Å². The number of pyridine rings is 1. The van der Waals surface area contributed by atoms with E-state index in [-0.39, 0.29) is 17.4 Å². The molecule has 9 heteroatoms. The zero-order chi connectivity index (χ0) is 24.3. The lowest BCUT2D eigenvalue weighted by atomic mass is 9.89. The number of fused-ring (bicyclic) bond motifs is 1. The molecule has 2 aromatic carbocycles. The van der Waals surface area contributed by atoms with Gasteiger partial charge in [-0.2, -0.15) is 13.2 Å². The summed E-state index contributed by atoms with van der Waals surface area (Å²) in [5, 5.41) is 16.0. The number of aromatic nitrogens is 1. The van der Waals surface area contributed by atoms with Crippen LogP contribution in [0.1, 0.15) is 33.1 Å². The summed E-state index contributed by atoms with van der Waals surface area (Å²) in [6.07, 6.45) is -0.599. The number of halogens is 3. The average molecular weight is 471 g/mol. The molecule has 0 amide bonds. The smallest absolute Gasteiger partial charge is 0.422 e. The predicted molar refractivity (Wildman–Crippen MR) is 122 cm³/mol. The van der Waals surface area contributed by atoms with E-state index in [1.807, 2.05) is 19.1 Å². The van der Waals surface area contributed by atoms with Crippen LogP contribution in [0.5, 0.6) is 5.75 Å². The Morgan fingerprint density at radius 2 is 2.06 bits per heavy atom. The Labute approximate surface area is 194 Å². The summed E-state index contributed by atoms with van der Waals surface area (Å²) in [5.41, 5.74) is 5.65. The Hall–Kier alpha value is -3.59. The van der Waals surface area contributed by atoms with Gasteiger partial charge in [-0.25, -0.2) is 4.79 Å². The fourth-order valence-corrected chi connectivity index (χ4v) is 4.15. The third kappa shape index (κ3) is 5.48. The zero-order valence-electron chi connectivity index (χ0n) is 18.4. The van der Waals surface area contributed by atoms with E-state index in [9.17, 15) is 23.1 Å². The van der Waals surface area contributed by atoms with Crippen molar-refractivity contribution in [1.29, 1.82) is 0 Å². The number of rotatable bonds is 7. The number of carboxylic acid groups (broad SMARTS) is 1. The second-order valence-corrected chi connectivity index (χ2v) is 8.16. The topological polar surface area (TPSA) is 83.5 Å². The molecule has 1 atom stereocenters. The van der Waals surface area contributed by atoms with Gasteiger partial charge in [0.1, 0.15) is 5.75 Å². The van der Waals surface area contributed by atoms with E-state index in [2.05, 4.69) is 21.7 Å². The number of carboxylic acids is 1. The average Bonchev–Trinajstić information content (AvgIpc) is 2.80. The molecule has 2 heterocycles. The number of aromatic carboxylic acids is 1. The number of anilines is 1. The first-order valence-electron chi connectivity index (χ1n) is 10.8. The van der Waals surface area contributed by atoms with E-state index < -0.39 is 18.8 Å². The Balaban J connectivity index is 1.51. The molecule has 0 aliphatic carbocycles. The van der Waals surface area contributed by atoms with E-state index in [0.717, 1.165) is 35.2 Å². The quantitative estimate of drug-likeness (QED) is 0.450. The number of alkyl halides is 3. The van der Waals surface area contributed by atoms with Crippen molar-refractivity contribution >= 4 is 11.7 Å². The molecular formula is C25H24F3N3O3. The van der Waals surface area contributed by atoms with Crippen LogP contribution in [0.3, 0.4) is 0 Å². The number of nitrogens with one attached hydrogen (secondary N) is 2. The third-order valence-electron chi connectivity index (χ3n) is 5.76. The van der Waals surface area contributed by atoms with E-state index in [1.165, 1.54) is 24.0 Å². The highest BCUT2D eigenvalue weighted by Crippen LogP contribution is 2.32. The number of hydrogen-bond donors (Lipinski definition) is 3. The van der Waals surface area contributed by atoms with Crippen LogP contribution in [0.2, 0.25) is 0 Å². The molecule has 1 aromatic heterocycles. The fraction of sp³-hybridized carbons (Fsp3) is 0.280. The maximum Gasteiger partial charge on any atom is 0.422 e. The monoisotopic (exact) mass is 471 g/mol. The molecule has 1 unspecified atom stereocenters. The zero-order valence-corrected chi connectivity index (χ0v) is 18.4. The summed E-state index contributed by atoms with van der Waals surface area (Å²) in [6.45, 7) is 1.78. The predicted octanol–water partition coefficient (Wildman–Crippen LogP) is 5.00. The normalized spacial score (nSPS) is 15.5. The summed E-state index contributed by atoms with van der Waals surface area (Å²) in [5.74, 6) is -0.834. The summed E-state index contributed by atoms with van der Waals surface area (Å²) in [4.78, 5) is 15.4. The van der Waals surface area contributed by atoms with Crippen LogP contribution < -0.4 is 15.4 Å². The van der Waals surface area contributed by atoms with Gasteiger partial charge in [0, 0.05) is 18.8 Å². The first kappa shape index (κ1) is 23.6. The van der Waals surface area contributed by atoms with Crippen molar-refractivity contribution in [2.45, 2.75) is 25.6 Å². The molecule has 3 N–H and O–H groups in total. The number of ether oxygens (including phenoxy) is 1. The highest BCUT2D eigenvalue weighted by atomic mass is 19.4. The Morgan fingerprint density at radius 3 is 2.79 bits per heavy atom. The second kappa shape index (κ2) is 9.72. The molecule has 1 aliphatic rings. The van der Waals surface area contributed by atoms with Crippen molar-refractivity contribution in [3.8, 4) is 16.9 Å². The molecule has 4 rings (SSSR count). The Morgan fingerprint density at radius 1 is 1.24 bits per heavy atom. The largest absolute Gasteiger partial charge is 0.484 e. The van der Waals surface area contributed by atoms with E-state index >= 15 is 0 Å². The van der Waals surface area contributed by atoms with Crippen LogP contribution in [0, 0.1) is 6.92 Å². The van der Waals surface area contributed by atoms with E-state index in [1.54, 1.807) is 18.2 Å². The first-order chi connectivity index (χ1) is 16.2. The van der Waals surface area contributed by atoms with E-state index in [0.29, 0.717) is 12.2 Å². The van der Waals surface area contributed by atoms with Crippen molar-refractivity contribution in [3.63, 3.8) is 0 Å². The Kier molecular flexibility index (Phi) is 6.74. The molecule has 0 spiro atoms. The van der Waals surface area contributed by atoms with Gasteiger partial charge in [0.25, 0.3) is 0 Å². The van der Waals surface area contributed by atoms with Gasteiger partial charge in [-0.1, -0.05) is 24.3 Å². The maximum atomic E-state index is 12.4. The van der Waals surface area contributed by atoms with Gasteiger partial charge in [0.2, 0.25) is 0 Å². The fourth-order valence-electron chi connectivity index (χ4n) is 4.15. The highest BCUT2D eigenvalue weighted by Gasteiger charge is 2.28. The van der Waals surface area contributed by atoms with Crippen LogP contribution in [-0.4, -0.2) is 41.9 Å². The molecule has 6 nitrogen and oxygen atoms in total. The van der Waals surface area contributed by atoms with E-state index in [4.69, 9.17) is 4.74 Å². The van der Waals surface area contributed by atoms with Crippen LogP contribution in [0.15, 0.2) is 54.9 Å². The number of hydrogen-bond acceptors (Lipinski definition) is 5. The van der Waals surface area contributed by atoms with Gasteiger partial charge in [-0.05, 0) is 65.9 Å².